The lowest BCUT2D eigenvalue weighted by molar-refractivity contribution is 0.0668. The van der Waals surface area contributed by atoms with Crippen LogP contribution in [-0.2, 0) is 6.54 Å². The van der Waals surface area contributed by atoms with Gasteiger partial charge in [-0.2, -0.15) is 0 Å². The van der Waals surface area contributed by atoms with Crippen molar-refractivity contribution in [1.29, 1.82) is 0 Å². The predicted molar refractivity (Wildman–Crippen MR) is 93.9 cm³/mol. The van der Waals surface area contributed by atoms with Crippen LogP contribution in [0.25, 0.3) is 0 Å². The van der Waals surface area contributed by atoms with Crippen molar-refractivity contribution in [2.45, 2.75) is 45.1 Å². The first-order chi connectivity index (χ1) is 11.7. The molecule has 1 aromatic rings. The van der Waals surface area contributed by atoms with Crippen LogP contribution in [0.2, 0.25) is 0 Å². The normalized spacial score (nSPS) is 29.0. The summed E-state index contributed by atoms with van der Waals surface area (Å²) in [6.07, 6.45) is 12.3. The van der Waals surface area contributed by atoms with Gasteiger partial charge in [-0.15, -0.1) is 0 Å². The van der Waals surface area contributed by atoms with Gasteiger partial charge in [-0.3, -0.25) is 4.90 Å². The molecule has 2 saturated heterocycles. The van der Waals surface area contributed by atoms with Gasteiger partial charge in [0.2, 0.25) is 0 Å². The summed E-state index contributed by atoms with van der Waals surface area (Å²) in [6.45, 7) is 7.41. The molecule has 1 aliphatic carbocycles. The number of ether oxygens (including phenoxy) is 1. The van der Waals surface area contributed by atoms with Crippen LogP contribution in [-0.4, -0.2) is 59.6 Å². The number of piperidine rings is 1. The van der Waals surface area contributed by atoms with E-state index in [4.69, 9.17) is 4.74 Å². The van der Waals surface area contributed by atoms with E-state index in [1.165, 1.54) is 76.8 Å². The Kier molecular flexibility index (Phi) is 4.72. The molecule has 5 nitrogen and oxygen atoms in total. The van der Waals surface area contributed by atoms with E-state index < -0.39 is 0 Å². The van der Waals surface area contributed by atoms with Gasteiger partial charge in [-0.05, 0) is 56.5 Å². The van der Waals surface area contributed by atoms with Gasteiger partial charge in [0.1, 0.15) is 0 Å². The molecule has 1 spiro atoms. The highest BCUT2D eigenvalue weighted by atomic mass is 16.5. The molecule has 1 saturated carbocycles. The van der Waals surface area contributed by atoms with Crippen LogP contribution in [0, 0.1) is 11.3 Å². The summed E-state index contributed by atoms with van der Waals surface area (Å²) in [4.78, 5) is 13.8. The number of aromatic nitrogens is 2. The van der Waals surface area contributed by atoms with Gasteiger partial charge in [0.15, 0.2) is 0 Å². The minimum atomic E-state index is 0.454. The number of hydrogen-bond donors (Lipinski definition) is 0. The second kappa shape index (κ2) is 6.96. The van der Waals surface area contributed by atoms with E-state index >= 15 is 0 Å². The molecular formula is C19H30N4O. The van der Waals surface area contributed by atoms with Gasteiger partial charge in [0, 0.05) is 44.1 Å². The molecule has 24 heavy (non-hydrogen) atoms. The average Bonchev–Trinajstić information content (AvgIpc) is 2.94. The summed E-state index contributed by atoms with van der Waals surface area (Å²) in [5.41, 5.74) is 1.73. The van der Waals surface area contributed by atoms with Gasteiger partial charge < -0.3 is 9.64 Å². The van der Waals surface area contributed by atoms with E-state index in [9.17, 15) is 0 Å². The molecule has 0 aromatic carbocycles. The molecule has 2 aliphatic heterocycles. The Balaban J connectivity index is 1.32. The largest absolute Gasteiger partial charge is 0.467 e. The zero-order chi connectivity index (χ0) is 16.4. The van der Waals surface area contributed by atoms with Gasteiger partial charge >= 0.3 is 6.01 Å². The fourth-order valence-electron chi connectivity index (χ4n) is 4.79. The lowest BCUT2D eigenvalue weighted by atomic mass is 9.78. The van der Waals surface area contributed by atoms with Gasteiger partial charge in [-0.1, -0.05) is 6.42 Å². The Hall–Kier alpha value is -1.20. The van der Waals surface area contributed by atoms with E-state index in [-0.39, 0.29) is 0 Å². The molecule has 4 rings (SSSR count). The number of hydrogen-bond acceptors (Lipinski definition) is 5. The molecular weight excluding hydrogens is 300 g/mol. The predicted octanol–water partition coefficient (Wildman–Crippen LogP) is 2.57. The Morgan fingerprint density at radius 1 is 1.08 bits per heavy atom. The van der Waals surface area contributed by atoms with Crippen LogP contribution in [0.4, 0.5) is 0 Å². The molecule has 3 heterocycles. The highest BCUT2D eigenvalue weighted by molar-refractivity contribution is 5.08. The van der Waals surface area contributed by atoms with Crippen molar-refractivity contribution in [3.63, 3.8) is 0 Å². The Morgan fingerprint density at radius 2 is 1.88 bits per heavy atom. The van der Waals surface area contributed by atoms with Crippen LogP contribution in [0.15, 0.2) is 12.4 Å². The summed E-state index contributed by atoms with van der Waals surface area (Å²) in [5.74, 6) is 0.995. The molecule has 132 valence electrons. The first-order valence-corrected chi connectivity index (χ1v) is 9.54. The Labute approximate surface area is 145 Å². The second-order valence-corrected chi connectivity index (χ2v) is 8.17. The average molecular weight is 330 g/mol. The van der Waals surface area contributed by atoms with Gasteiger partial charge in [-0.25, -0.2) is 9.97 Å². The summed E-state index contributed by atoms with van der Waals surface area (Å²) in [7, 11) is 1.61. The molecule has 0 N–H and O–H groups in total. The Morgan fingerprint density at radius 3 is 2.58 bits per heavy atom. The lowest BCUT2D eigenvalue weighted by Crippen LogP contribution is -2.47. The van der Waals surface area contributed by atoms with Crippen molar-refractivity contribution >= 4 is 0 Å². The zero-order valence-electron chi connectivity index (χ0n) is 14.9. The molecule has 0 radical (unpaired) electrons. The molecule has 5 heteroatoms. The number of rotatable bonds is 5. The molecule has 1 atom stereocenters. The topological polar surface area (TPSA) is 41.5 Å². The van der Waals surface area contributed by atoms with E-state index in [2.05, 4.69) is 19.8 Å². The first kappa shape index (κ1) is 16.3. The molecule has 1 unspecified atom stereocenters. The number of likely N-dealkylation sites (tertiary alicyclic amines) is 2. The summed E-state index contributed by atoms with van der Waals surface area (Å²) < 4.78 is 5.05. The molecule has 1 aromatic heterocycles. The molecule has 3 fully saturated rings. The van der Waals surface area contributed by atoms with Crippen LogP contribution in [0.1, 0.15) is 44.1 Å². The third-order valence-electron chi connectivity index (χ3n) is 6.27. The minimum absolute atomic E-state index is 0.454. The van der Waals surface area contributed by atoms with Crippen LogP contribution in [0.3, 0.4) is 0 Å². The molecule has 3 aliphatic rings. The van der Waals surface area contributed by atoms with E-state index in [0.717, 1.165) is 12.5 Å². The van der Waals surface area contributed by atoms with Crippen molar-refractivity contribution in [2.24, 2.45) is 11.3 Å². The van der Waals surface area contributed by atoms with Crippen molar-refractivity contribution in [1.82, 2.24) is 19.8 Å². The van der Waals surface area contributed by atoms with Crippen molar-refractivity contribution < 1.29 is 4.74 Å². The summed E-state index contributed by atoms with van der Waals surface area (Å²) in [6, 6.07) is 0.454. The maximum atomic E-state index is 5.05. The summed E-state index contributed by atoms with van der Waals surface area (Å²) >= 11 is 0. The monoisotopic (exact) mass is 330 g/mol. The third kappa shape index (κ3) is 3.57. The Bertz CT molecular complexity index is 545. The first-order valence-electron chi connectivity index (χ1n) is 9.54. The summed E-state index contributed by atoms with van der Waals surface area (Å²) in [5, 5.41) is 0. The highest BCUT2D eigenvalue weighted by Crippen LogP contribution is 2.40. The standard InChI is InChI=1S/C19H30N4O/c1-24-18-20-10-17(11-21-18)13-23-9-7-19(15-23)6-3-8-22(14-19)12-16-4-2-5-16/h10-11,16H,2-9,12-15H2,1H3. The fourth-order valence-corrected chi connectivity index (χ4v) is 4.79. The molecule has 0 bridgehead atoms. The minimum Gasteiger partial charge on any atom is -0.467 e. The van der Waals surface area contributed by atoms with Crippen molar-refractivity contribution in [3.05, 3.63) is 18.0 Å². The van der Waals surface area contributed by atoms with Gasteiger partial charge in [0.05, 0.1) is 7.11 Å². The fraction of sp³-hybridized carbons (Fsp3) is 0.789. The molecule has 0 amide bonds. The number of methoxy groups -OCH3 is 1. The number of nitrogens with zero attached hydrogens (tertiary/aromatic N) is 4. The highest BCUT2D eigenvalue weighted by Gasteiger charge is 2.41. The van der Waals surface area contributed by atoms with Crippen LogP contribution < -0.4 is 4.74 Å². The van der Waals surface area contributed by atoms with E-state index in [1.807, 2.05) is 12.4 Å². The maximum absolute atomic E-state index is 5.05. The lowest BCUT2D eigenvalue weighted by Gasteiger charge is -2.43. The third-order valence-corrected chi connectivity index (χ3v) is 6.27. The van der Waals surface area contributed by atoms with Crippen molar-refractivity contribution in [2.75, 3.05) is 39.8 Å². The quantitative estimate of drug-likeness (QED) is 0.830. The smallest absolute Gasteiger partial charge is 0.316 e. The van der Waals surface area contributed by atoms with Crippen LogP contribution >= 0.6 is 0 Å². The maximum Gasteiger partial charge on any atom is 0.316 e. The van der Waals surface area contributed by atoms with Crippen LogP contribution in [0.5, 0.6) is 6.01 Å². The van der Waals surface area contributed by atoms with Crippen molar-refractivity contribution in [3.8, 4) is 6.01 Å². The SMILES string of the molecule is COc1ncc(CN2CCC3(CCCN(CC4CCC4)C3)C2)cn1. The second-order valence-electron chi connectivity index (χ2n) is 8.17. The van der Waals surface area contributed by atoms with E-state index in [0.29, 0.717) is 11.4 Å². The van der Waals surface area contributed by atoms with E-state index in [1.54, 1.807) is 7.11 Å². The zero-order valence-corrected chi connectivity index (χ0v) is 14.9. The van der Waals surface area contributed by atoms with Gasteiger partial charge in [0.25, 0.3) is 0 Å².